The van der Waals surface area contributed by atoms with Crippen LogP contribution < -0.4 is 5.73 Å². The van der Waals surface area contributed by atoms with Crippen LogP contribution in [0.1, 0.15) is 35.3 Å². The molecule has 0 aromatic carbocycles. The molecule has 3 heteroatoms. The average Bonchev–Trinajstić information content (AvgIpc) is 2.84. The van der Waals surface area contributed by atoms with Gasteiger partial charge in [0, 0.05) is 17.8 Å². The highest BCUT2D eigenvalue weighted by Gasteiger charge is 2.23. The summed E-state index contributed by atoms with van der Waals surface area (Å²) in [5.74, 6) is 0.932. The molecule has 1 aromatic heterocycles. The van der Waals surface area contributed by atoms with Crippen LogP contribution in [-0.4, -0.2) is 4.98 Å². The van der Waals surface area contributed by atoms with Gasteiger partial charge in [-0.05, 0) is 25.2 Å². The minimum atomic E-state index is 0.658. The molecule has 0 bridgehead atoms. The van der Waals surface area contributed by atoms with E-state index in [-0.39, 0.29) is 0 Å². The first-order valence-electron chi connectivity index (χ1n) is 5.01. The van der Waals surface area contributed by atoms with Crippen molar-refractivity contribution >= 4 is 11.3 Å². The van der Waals surface area contributed by atoms with Crippen molar-refractivity contribution in [3.63, 3.8) is 0 Å². The number of aromatic nitrogens is 1. The number of hydrogen-bond acceptors (Lipinski definition) is 3. The summed E-state index contributed by atoms with van der Waals surface area (Å²) in [4.78, 5) is 5.91. The van der Waals surface area contributed by atoms with Crippen molar-refractivity contribution in [3.05, 3.63) is 15.6 Å². The fourth-order valence-corrected chi connectivity index (χ4v) is 2.68. The van der Waals surface area contributed by atoms with E-state index in [0.29, 0.717) is 6.54 Å². The van der Waals surface area contributed by atoms with Crippen LogP contribution in [0.15, 0.2) is 0 Å². The summed E-state index contributed by atoms with van der Waals surface area (Å²) >= 11 is 1.82. The van der Waals surface area contributed by atoms with Gasteiger partial charge in [-0.25, -0.2) is 4.98 Å². The van der Waals surface area contributed by atoms with Gasteiger partial charge in [-0.15, -0.1) is 11.3 Å². The summed E-state index contributed by atoms with van der Waals surface area (Å²) in [5.41, 5.74) is 6.88. The molecule has 2 nitrogen and oxygen atoms in total. The van der Waals surface area contributed by atoms with Gasteiger partial charge < -0.3 is 5.73 Å². The van der Waals surface area contributed by atoms with Crippen LogP contribution in [0, 0.1) is 5.92 Å². The van der Waals surface area contributed by atoms with Crippen LogP contribution in [0.2, 0.25) is 0 Å². The van der Waals surface area contributed by atoms with Crippen molar-refractivity contribution in [2.24, 2.45) is 11.7 Å². The summed E-state index contributed by atoms with van der Waals surface area (Å²) in [6.07, 6.45) is 5.02. The monoisotopic (exact) mass is 196 g/mol. The number of thiazole rings is 1. The molecule has 0 spiro atoms. The van der Waals surface area contributed by atoms with E-state index >= 15 is 0 Å². The van der Waals surface area contributed by atoms with E-state index in [1.807, 2.05) is 11.3 Å². The Kier molecular flexibility index (Phi) is 2.65. The molecule has 1 aliphatic carbocycles. The third kappa shape index (κ3) is 2.09. The largest absolute Gasteiger partial charge is 0.326 e. The maximum atomic E-state index is 5.66. The summed E-state index contributed by atoms with van der Waals surface area (Å²) in [6, 6.07) is 0. The van der Waals surface area contributed by atoms with E-state index in [0.717, 1.165) is 12.3 Å². The zero-order chi connectivity index (χ0) is 9.26. The molecule has 2 N–H and O–H groups in total. The molecule has 1 fully saturated rings. The second kappa shape index (κ2) is 3.76. The molecular formula is C10H16N2S. The van der Waals surface area contributed by atoms with Gasteiger partial charge in [0.1, 0.15) is 0 Å². The number of rotatable bonds is 4. The third-order valence-electron chi connectivity index (χ3n) is 2.50. The maximum absolute atomic E-state index is 5.66. The van der Waals surface area contributed by atoms with Crippen LogP contribution in [0.5, 0.6) is 0 Å². The lowest BCUT2D eigenvalue weighted by Crippen LogP contribution is -1.96. The van der Waals surface area contributed by atoms with Gasteiger partial charge in [-0.1, -0.05) is 6.92 Å². The highest BCUT2D eigenvalue weighted by atomic mass is 32.1. The average molecular weight is 196 g/mol. The molecule has 0 saturated heterocycles. The minimum Gasteiger partial charge on any atom is -0.326 e. The van der Waals surface area contributed by atoms with Crippen LogP contribution >= 0.6 is 11.3 Å². The normalized spacial score (nSPS) is 16.5. The van der Waals surface area contributed by atoms with Gasteiger partial charge in [-0.2, -0.15) is 0 Å². The van der Waals surface area contributed by atoms with Gasteiger partial charge in [0.2, 0.25) is 0 Å². The van der Waals surface area contributed by atoms with Crippen LogP contribution in [0.3, 0.4) is 0 Å². The number of aryl methyl sites for hydroxylation is 1. The predicted molar refractivity (Wildman–Crippen MR) is 55.8 cm³/mol. The fourth-order valence-electron chi connectivity index (χ4n) is 1.53. The number of nitrogens with two attached hydrogens (primary N) is 1. The van der Waals surface area contributed by atoms with Crippen molar-refractivity contribution in [1.29, 1.82) is 0 Å². The van der Waals surface area contributed by atoms with E-state index in [1.54, 1.807) is 0 Å². The van der Waals surface area contributed by atoms with Crippen molar-refractivity contribution in [3.8, 4) is 0 Å². The Labute approximate surface area is 83.2 Å². The molecule has 0 atom stereocenters. The number of nitrogens with zero attached hydrogens (tertiary/aromatic N) is 1. The standard InChI is InChI=1S/C10H16N2S/c1-2-8-9(6-11)13-10(12-8)5-7-3-4-7/h7H,2-6,11H2,1H3. The van der Waals surface area contributed by atoms with Gasteiger partial charge >= 0.3 is 0 Å². The van der Waals surface area contributed by atoms with Crippen molar-refractivity contribution in [1.82, 2.24) is 4.98 Å². The predicted octanol–water partition coefficient (Wildman–Crippen LogP) is 2.12. The molecule has 72 valence electrons. The Hall–Kier alpha value is -0.410. The van der Waals surface area contributed by atoms with E-state index < -0.39 is 0 Å². The Bertz CT molecular complexity index is 268. The summed E-state index contributed by atoms with van der Waals surface area (Å²) in [6.45, 7) is 2.81. The molecule has 0 radical (unpaired) electrons. The lowest BCUT2D eigenvalue weighted by Gasteiger charge is -1.91. The molecule has 0 aliphatic heterocycles. The van der Waals surface area contributed by atoms with Crippen LogP contribution in [-0.2, 0) is 19.4 Å². The van der Waals surface area contributed by atoms with Crippen LogP contribution in [0.25, 0.3) is 0 Å². The smallest absolute Gasteiger partial charge is 0.0934 e. The second-order valence-electron chi connectivity index (χ2n) is 3.68. The minimum absolute atomic E-state index is 0.658. The zero-order valence-corrected chi connectivity index (χ0v) is 8.86. The fraction of sp³-hybridized carbons (Fsp3) is 0.700. The molecule has 0 amide bonds. The summed E-state index contributed by atoms with van der Waals surface area (Å²) in [7, 11) is 0. The van der Waals surface area contributed by atoms with E-state index in [1.165, 1.54) is 34.8 Å². The van der Waals surface area contributed by atoms with Gasteiger partial charge in [0.25, 0.3) is 0 Å². The molecule has 1 aromatic rings. The highest BCUT2D eigenvalue weighted by Crippen LogP contribution is 2.34. The quantitative estimate of drug-likeness (QED) is 0.801. The molecule has 13 heavy (non-hydrogen) atoms. The lowest BCUT2D eigenvalue weighted by molar-refractivity contribution is 0.815. The maximum Gasteiger partial charge on any atom is 0.0934 e. The first-order valence-corrected chi connectivity index (χ1v) is 5.82. The topological polar surface area (TPSA) is 38.9 Å². The molecule has 1 saturated carbocycles. The third-order valence-corrected chi connectivity index (χ3v) is 3.65. The molecule has 0 unspecified atom stereocenters. The zero-order valence-electron chi connectivity index (χ0n) is 8.05. The SMILES string of the molecule is CCc1nc(CC2CC2)sc1CN. The van der Waals surface area contributed by atoms with Crippen molar-refractivity contribution in [2.45, 2.75) is 39.2 Å². The van der Waals surface area contributed by atoms with Gasteiger partial charge in [0.05, 0.1) is 10.7 Å². The molecule has 2 rings (SSSR count). The first-order chi connectivity index (χ1) is 6.33. The first kappa shape index (κ1) is 9.16. The van der Waals surface area contributed by atoms with Gasteiger partial charge in [0.15, 0.2) is 0 Å². The Morgan fingerprint density at radius 1 is 1.54 bits per heavy atom. The Morgan fingerprint density at radius 3 is 2.77 bits per heavy atom. The van der Waals surface area contributed by atoms with Crippen molar-refractivity contribution in [2.75, 3.05) is 0 Å². The summed E-state index contributed by atoms with van der Waals surface area (Å²) in [5, 5.41) is 1.31. The van der Waals surface area contributed by atoms with E-state index in [4.69, 9.17) is 5.73 Å². The second-order valence-corrected chi connectivity index (χ2v) is 4.85. The summed E-state index contributed by atoms with van der Waals surface area (Å²) < 4.78 is 0. The van der Waals surface area contributed by atoms with Crippen LogP contribution in [0.4, 0.5) is 0 Å². The number of hydrogen-bond donors (Lipinski definition) is 1. The van der Waals surface area contributed by atoms with E-state index in [9.17, 15) is 0 Å². The molecule has 1 aliphatic rings. The highest BCUT2D eigenvalue weighted by molar-refractivity contribution is 7.11. The van der Waals surface area contributed by atoms with E-state index in [2.05, 4.69) is 11.9 Å². The Balaban J connectivity index is 2.11. The molecule has 1 heterocycles. The Morgan fingerprint density at radius 2 is 2.31 bits per heavy atom. The van der Waals surface area contributed by atoms with Gasteiger partial charge in [-0.3, -0.25) is 0 Å². The van der Waals surface area contributed by atoms with Crippen molar-refractivity contribution < 1.29 is 0 Å². The lowest BCUT2D eigenvalue weighted by atomic mass is 10.3. The molecular weight excluding hydrogens is 180 g/mol.